The van der Waals surface area contributed by atoms with Crippen molar-refractivity contribution in [3.05, 3.63) is 70.1 Å². The van der Waals surface area contributed by atoms with Gasteiger partial charge in [-0.15, -0.1) is 0 Å². The largest absolute Gasteiger partial charge is 0.407 e. The van der Waals surface area contributed by atoms with Gasteiger partial charge in [0, 0.05) is 12.5 Å². The summed E-state index contributed by atoms with van der Waals surface area (Å²) in [6, 6.07) is 21.6. The number of rotatable bonds is 7. The molecule has 0 bridgehead atoms. The van der Waals surface area contributed by atoms with Crippen LogP contribution in [0.1, 0.15) is 34.1 Å². The summed E-state index contributed by atoms with van der Waals surface area (Å²) in [4.78, 5) is 0. The summed E-state index contributed by atoms with van der Waals surface area (Å²) in [5.41, 5.74) is 0. The van der Waals surface area contributed by atoms with Crippen LogP contribution in [0.2, 0.25) is 5.04 Å². The Morgan fingerprint density at radius 2 is 1.42 bits per heavy atom. The molecule has 0 N–H and O–H groups in total. The molecule has 0 fully saturated rings. The molecule has 0 spiro atoms. The minimum Gasteiger partial charge on any atom is -0.407 e. The van der Waals surface area contributed by atoms with Crippen molar-refractivity contribution in [2.45, 2.75) is 39.2 Å². The monoisotopic (exact) mass is 494 g/mol. The number of benzene rings is 2. The third kappa shape index (κ3) is 4.97. The molecule has 26 heavy (non-hydrogen) atoms. The van der Waals surface area contributed by atoms with Gasteiger partial charge in [0.15, 0.2) is 0 Å². The summed E-state index contributed by atoms with van der Waals surface area (Å²) < 4.78 is 7.96. The number of hydrogen-bond donors (Lipinski definition) is 0. The predicted molar refractivity (Wildman–Crippen MR) is 123 cm³/mol. The van der Waals surface area contributed by atoms with Gasteiger partial charge >= 0.3 is 0 Å². The molecule has 4 heteroatoms. The number of halogens is 2. The lowest BCUT2D eigenvalue weighted by atomic mass is 10.1. The molecule has 2 aromatic carbocycles. The predicted octanol–water partition coefficient (Wildman–Crippen LogP) is 6.22. The van der Waals surface area contributed by atoms with Gasteiger partial charge in [0.25, 0.3) is 8.32 Å². The van der Waals surface area contributed by atoms with E-state index in [0.29, 0.717) is 12.5 Å². The fraction of sp³-hybridized carbons (Fsp3) is 0.364. The summed E-state index contributed by atoms with van der Waals surface area (Å²) in [5.74, 6) is 0.366. The van der Waals surface area contributed by atoms with Gasteiger partial charge in [-0.25, -0.2) is 0 Å². The fourth-order valence-corrected chi connectivity index (χ4v) is 8.82. The molecule has 0 aromatic heterocycles. The van der Waals surface area contributed by atoms with Crippen molar-refractivity contribution in [1.82, 2.24) is 0 Å². The molecule has 0 heterocycles. The highest BCUT2D eigenvalue weighted by Gasteiger charge is 2.50. The first-order chi connectivity index (χ1) is 12.3. The minimum atomic E-state index is -2.44. The molecule has 2 aromatic rings. The molecule has 0 amide bonds. The maximum atomic E-state index is 6.97. The van der Waals surface area contributed by atoms with Gasteiger partial charge in [0.1, 0.15) is 0 Å². The van der Waals surface area contributed by atoms with Gasteiger partial charge in [-0.3, -0.25) is 0 Å². The standard InChI is InChI=1S/C22H28Br2OSi/c1-5-18(16-21(23)24)17-25-26(22(2,3)4,19-12-8-6-9-13-19)20-14-10-7-11-15-20/h6-16,18H,5,17H2,1-4H3. The Balaban J connectivity index is 2.55. The Morgan fingerprint density at radius 3 is 1.77 bits per heavy atom. The molecule has 0 radical (unpaired) electrons. The van der Waals surface area contributed by atoms with E-state index in [4.69, 9.17) is 4.43 Å². The van der Waals surface area contributed by atoms with Gasteiger partial charge in [-0.1, -0.05) is 94.4 Å². The summed E-state index contributed by atoms with van der Waals surface area (Å²) in [5, 5.41) is 2.68. The van der Waals surface area contributed by atoms with E-state index in [-0.39, 0.29) is 5.04 Å². The van der Waals surface area contributed by atoms with Crippen LogP contribution in [0.5, 0.6) is 0 Å². The van der Waals surface area contributed by atoms with E-state index in [9.17, 15) is 0 Å². The molecular formula is C22H28Br2OSi. The molecule has 1 nitrogen and oxygen atoms in total. The van der Waals surface area contributed by atoms with Crippen LogP contribution in [0.3, 0.4) is 0 Å². The average molecular weight is 496 g/mol. The fourth-order valence-electron chi connectivity index (χ4n) is 3.46. The van der Waals surface area contributed by atoms with Crippen LogP contribution in [0, 0.1) is 5.92 Å². The lowest BCUT2D eigenvalue weighted by Gasteiger charge is -2.43. The van der Waals surface area contributed by atoms with Crippen molar-refractivity contribution < 1.29 is 4.43 Å². The highest BCUT2D eigenvalue weighted by Crippen LogP contribution is 2.37. The van der Waals surface area contributed by atoms with Crippen LogP contribution >= 0.6 is 31.9 Å². The number of hydrogen-bond acceptors (Lipinski definition) is 1. The molecule has 2 rings (SSSR count). The van der Waals surface area contributed by atoms with Crippen LogP contribution in [0.4, 0.5) is 0 Å². The van der Waals surface area contributed by atoms with Crippen LogP contribution in [-0.4, -0.2) is 14.9 Å². The van der Waals surface area contributed by atoms with E-state index in [1.165, 1.54) is 10.4 Å². The molecule has 0 saturated carbocycles. The molecule has 0 aliphatic heterocycles. The SMILES string of the molecule is CCC(C=C(Br)Br)CO[Si](c1ccccc1)(c1ccccc1)C(C)(C)C. The Bertz CT molecular complexity index is 664. The Kier molecular flexibility index (Phi) is 7.89. The zero-order chi connectivity index (χ0) is 19.2. The second-order valence-electron chi connectivity index (χ2n) is 7.60. The van der Waals surface area contributed by atoms with Gasteiger partial charge in [0.2, 0.25) is 0 Å². The van der Waals surface area contributed by atoms with Crippen LogP contribution in [0.25, 0.3) is 0 Å². The molecule has 0 aliphatic rings. The first kappa shape index (κ1) is 21.6. The van der Waals surface area contributed by atoms with E-state index in [1.807, 2.05) is 0 Å². The van der Waals surface area contributed by atoms with E-state index >= 15 is 0 Å². The topological polar surface area (TPSA) is 9.23 Å². The first-order valence-corrected chi connectivity index (χ1v) is 12.6. The van der Waals surface area contributed by atoms with Crippen molar-refractivity contribution in [3.8, 4) is 0 Å². The van der Waals surface area contributed by atoms with Crippen LogP contribution < -0.4 is 10.4 Å². The lowest BCUT2D eigenvalue weighted by molar-refractivity contribution is 0.256. The average Bonchev–Trinajstić information content (AvgIpc) is 2.61. The molecule has 1 atom stereocenters. The van der Waals surface area contributed by atoms with E-state index < -0.39 is 8.32 Å². The van der Waals surface area contributed by atoms with E-state index in [2.05, 4.69) is 126 Å². The Morgan fingerprint density at radius 1 is 0.962 bits per heavy atom. The smallest absolute Gasteiger partial charge is 0.261 e. The zero-order valence-electron chi connectivity index (χ0n) is 16.0. The second kappa shape index (κ2) is 9.49. The molecular weight excluding hydrogens is 468 g/mol. The van der Waals surface area contributed by atoms with Gasteiger partial charge < -0.3 is 4.43 Å². The summed E-state index contributed by atoms with van der Waals surface area (Å²) in [6.07, 6.45) is 3.23. The summed E-state index contributed by atoms with van der Waals surface area (Å²) in [6.45, 7) is 9.87. The maximum absolute atomic E-state index is 6.97. The minimum absolute atomic E-state index is 0.0172. The lowest BCUT2D eigenvalue weighted by Crippen LogP contribution is -2.66. The third-order valence-corrected chi connectivity index (χ3v) is 10.4. The molecule has 1 unspecified atom stereocenters. The highest BCUT2D eigenvalue weighted by molar-refractivity contribution is 9.28. The van der Waals surface area contributed by atoms with Crippen molar-refractivity contribution in [2.75, 3.05) is 6.61 Å². The van der Waals surface area contributed by atoms with Gasteiger partial charge in [-0.2, -0.15) is 0 Å². The Hall–Kier alpha value is -0.683. The quantitative estimate of drug-likeness (QED) is 0.414. The molecule has 140 valence electrons. The zero-order valence-corrected chi connectivity index (χ0v) is 20.2. The normalized spacial score (nSPS) is 13.3. The van der Waals surface area contributed by atoms with E-state index in [0.717, 1.165) is 9.81 Å². The van der Waals surface area contributed by atoms with Crippen LogP contribution in [-0.2, 0) is 4.43 Å². The summed E-state index contributed by atoms with van der Waals surface area (Å²) >= 11 is 7.00. The first-order valence-electron chi connectivity index (χ1n) is 9.09. The second-order valence-corrected chi connectivity index (χ2v) is 14.7. The Labute approximate surface area is 176 Å². The van der Waals surface area contributed by atoms with Crippen molar-refractivity contribution in [3.63, 3.8) is 0 Å². The van der Waals surface area contributed by atoms with Crippen molar-refractivity contribution in [2.24, 2.45) is 5.92 Å². The van der Waals surface area contributed by atoms with Crippen molar-refractivity contribution in [1.29, 1.82) is 0 Å². The van der Waals surface area contributed by atoms with Gasteiger partial charge in [0.05, 0.1) is 3.39 Å². The highest BCUT2D eigenvalue weighted by atomic mass is 79.9. The molecule has 0 saturated heterocycles. The van der Waals surface area contributed by atoms with Crippen molar-refractivity contribution >= 4 is 50.6 Å². The van der Waals surface area contributed by atoms with E-state index in [1.54, 1.807) is 0 Å². The molecule has 0 aliphatic carbocycles. The maximum Gasteiger partial charge on any atom is 0.261 e. The van der Waals surface area contributed by atoms with Crippen LogP contribution in [0.15, 0.2) is 70.1 Å². The third-order valence-electron chi connectivity index (χ3n) is 4.82. The van der Waals surface area contributed by atoms with Gasteiger partial charge in [-0.05, 0) is 53.7 Å². The summed E-state index contributed by atoms with van der Waals surface area (Å²) in [7, 11) is -2.44.